The molecule has 9 heteroatoms. The number of nitrogens with one attached hydrogen (secondary N) is 1. The van der Waals surface area contributed by atoms with E-state index in [1.54, 1.807) is 6.92 Å². The van der Waals surface area contributed by atoms with E-state index in [1.165, 1.54) is 17.3 Å². The van der Waals surface area contributed by atoms with Crippen LogP contribution >= 0.6 is 11.8 Å². The number of allylic oxidation sites excluding steroid dienone is 2. The van der Waals surface area contributed by atoms with Gasteiger partial charge in [0.05, 0.1) is 5.71 Å². The molecule has 0 aliphatic heterocycles. The minimum absolute atomic E-state index is 0.0730. The van der Waals surface area contributed by atoms with Gasteiger partial charge in [0.25, 0.3) is 5.91 Å². The standard InChI is InChI=1S/C28H42N2O6S/c1-17(31)28(35)13-9-22-20-6-5-18-15-19(7-11-26(18,2)21(20)8-12-27(22,28)3)30-36-16-24(32)29-23(25(33)34)10-14-37-4/h15,20-23,35H,5-14,16H2,1-4H3,(H,29,32)(H,33,34)/b30-19+/t20-,21-,22+,23-,26-,27-,28-/m0/s1. The highest BCUT2D eigenvalue weighted by molar-refractivity contribution is 7.98. The number of carboxylic acid groups (broad SMARTS) is 1. The summed E-state index contributed by atoms with van der Waals surface area (Å²) in [6.45, 7) is 5.76. The lowest BCUT2D eigenvalue weighted by Gasteiger charge is -2.59. The van der Waals surface area contributed by atoms with Crippen LogP contribution in [0, 0.1) is 28.6 Å². The number of nitrogens with zero attached hydrogens (tertiary/aromatic N) is 1. The van der Waals surface area contributed by atoms with E-state index >= 15 is 0 Å². The molecule has 37 heavy (non-hydrogen) atoms. The molecule has 3 saturated carbocycles. The van der Waals surface area contributed by atoms with E-state index in [4.69, 9.17) is 4.84 Å². The van der Waals surface area contributed by atoms with Gasteiger partial charge in [0.15, 0.2) is 12.4 Å². The van der Waals surface area contributed by atoms with Crippen molar-refractivity contribution in [3.63, 3.8) is 0 Å². The quantitative estimate of drug-likeness (QED) is 0.382. The Morgan fingerprint density at radius 3 is 2.57 bits per heavy atom. The molecule has 3 N–H and O–H groups in total. The number of rotatable bonds is 9. The van der Waals surface area contributed by atoms with E-state index in [0.717, 1.165) is 50.7 Å². The second-order valence-corrected chi connectivity index (χ2v) is 13.0. The summed E-state index contributed by atoms with van der Waals surface area (Å²) in [5.74, 6) is 0.450. The van der Waals surface area contributed by atoms with Crippen molar-refractivity contribution >= 4 is 35.1 Å². The first kappa shape index (κ1) is 28.1. The second-order valence-electron chi connectivity index (χ2n) is 12.0. The summed E-state index contributed by atoms with van der Waals surface area (Å²) < 4.78 is 0. The third-order valence-corrected chi connectivity index (χ3v) is 11.0. The van der Waals surface area contributed by atoms with Gasteiger partial charge in [-0.15, -0.1) is 0 Å². The van der Waals surface area contributed by atoms with Gasteiger partial charge in [-0.25, -0.2) is 4.79 Å². The number of ketones is 1. The van der Waals surface area contributed by atoms with Crippen LogP contribution in [0.15, 0.2) is 16.8 Å². The number of thioether (sulfide) groups is 1. The summed E-state index contributed by atoms with van der Waals surface area (Å²) in [7, 11) is 0. The lowest BCUT2D eigenvalue weighted by atomic mass is 9.46. The summed E-state index contributed by atoms with van der Waals surface area (Å²) in [5.41, 5.74) is 0.766. The number of amides is 1. The average molecular weight is 535 g/mol. The number of carbonyl (C=O) groups is 3. The predicted molar refractivity (Wildman–Crippen MR) is 143 cm³/mol. The molecule has 8 nitrogen and oxygen atoms in total. The number of hydrogen-bond donors (Lipinski definition) is 3. The maximum absolute atomic E-state index is 12.4. The smallest absolute Gasteiger partial charge is 0.326 e. The van der Waals surface area contributed by atoms with Crippen LogP contribution in [0.25, 0.3) is 0 Å². The molecule has 0 spiro atoms. The molecule has 3 fully saturated rings. The predicted octanol–water partition coefficient (Wildman–Crippen LogP) is 3.96. The molecular weight excluding hydrogens is 492 g/mol. The third kappa shape index (κ3) is 4.98. The lowest BCUT2D eigenvalue weighted by Crippen LogP contribution is -2.57. The fourth-order valence-corrected chi connectivity index (χ4v) is 8.61. The maximum Gasteiger partial charge on any atom is 0.326 e. The first-order valence-electron chi connectivity index (χ1n) is 13.6. The Kier molecular flexibility index (Phi) is 8.15. The monoisotopic (exact) mass is 534 g/mol. The summed E-state index contributed by atoms with van der Waals surface area (Å²) >= 11 is 1.53. The highest BCUT2D eigenvalue weighted by Crippen LogP contribution is 2.67. The fraction of sp³-hybridized carbons (Fsp3) is 0.786. The van der Waals surface area contributed by atoms with Crippen LogP contribution in [-0.2, 0) is 19.2 Å². The largest absolute Gasteiger partial charge is 0.480 e. The van der Waals surface area contributed by atoms with E-state index in [2.05, 4.69) is 30.4 Å². The van der Waals surface area contributed by atoms with Crippen LogP contribution in [-0.4, -0.2) is 63.8 Å². The number of carboxylic acids is 1. The van der Waals surface area contributed by atoms with E-state index in [9.17, 15) is 24.6 Å². The van der Waals surface area contributed by atoms with Crippen LogP contribution in [0.2, 0.25) is 0 Å². The SMILES string of the molecule is CSCC[C@H](NC(=O)CO/N=C1/C=C2CC[C@@H]3[C@H]4CC[C@](O)(C(C)=O)[C@@]4(C)CC[C@@H]3[C@@]2(C)CC1)C(=O)O. The van der Waals surface area contributed by atoms with Crippen molar-refractivity contribution in [3.8, 4) is 0 Å². The Labute approximate surface area is 224 Å². The molecule has 7 atom stereocenters. The summed E-state index contributed by atoms with van der Waals surface area (Å²) in [4.78, 5) is 41.3. The normalized spacial score (nSPS) is 38.6. The van der Waals surface area contributed by atoms with E-state index in [0.29, 0.717) is 36.3 Å². The minimum Gasteiger partial charge on any atom is -0.480 e. The van der Waals surface area contributed by atoms with Gasteiger partial charge in [0, 0.05) is 5.41 Å². The Bertz CT molecular complexity index is 997. The summed E-state index contributed by atoms with van der Waals surface area (Å²) in [6.07, 6.45) is 11.6. The van der Waals surface area contributed by atoms with E-state index < -0.39 is 23.5 Å². The van der Waals surface area contributed by atoms with Crippen molar-refractivity contribution in [2.45, 2.75) is 90.2 Å². The van der Waals surface area contributed by atoms with Crippen molar-refractivity contribution in [3.05, 3.63) is 11.6 Å². The topological polar surface area (TPSA) is 125 Å². The second kappa shape index (κ2) is 10.7. The molecule has 4 rings (SSSR count). The highest BCUT2D eigenvalue weighted by Gasteiger charge is 2.65. The molecule has 1 amide bonds. The molecule has 0 aromatic carbocycles. The highest BCUT2D eigenvalue weighted by atomic mass is 32.2. The summed E-state index contributed by atoms with van der Waals surface area (Å²) in [5, 5.41) is 27.3. The van der Waals surface area contributed by atoms with Gasteiger partial charge in [-0.05, 0) is 106 Å². The van der Waals surface area contributed by atoms with Crippen molar-refractivity contribution in [1.29, 1.82) is 0 Å². The van der Waals surface area contributed by atoms with Gasteiger partial charge >= 0.3 is 5.97 Å². The molecule has 206 valence electrons. The number of Topliss-reactive ketones (excluding diaryl/α,β-unsaturated/α-hetero) is 1. The van der Waals surface area contributed by atoms with Gasteiger partial charge < -0.3 is 20.4 Å². The number of carbonyl (C=O) groups excluding carboxylic acids is 2. The Morgan fingerprint density at radius 1 is 1.16 bits per heavy atom. The zero-order chi connectivity index (χ0) is 27.0. The van der Waals surface area contributed by atoms with E-state index in [-0.39, 0.29) is 23.2 Å². The van der Waals surface area contributed by atoms with Crippen LogP contribution in [0.4, 0.5) is 0 Å². The van der Waals surface area contributed by atoms with Crippen molar-refractivity contribution in [1.82, 2.24) is 5.32 Å². The van der Waals surface area contributed by atoms with Gasteiger partial charge in [-0.3, -0.25) is 9.59 Å². The molecule has 0 saturated heterocycles. The van der Waals surface area contributed by atoms with Crippen LogP contribution in [0.3, 0.4) is 0 Å². The number of fused-ring (bicyclic) bond motifs is 5. The van der Waals surface area contributed by atoms with Crippen molar-refractivity contribution < 1.29 is 29.4 Å². The molecule has 0 aromatic rings. The molecule has 4 aliphatic carbocycles. The molecule has 0 unspecified atom stereocenters. The number of aliphatic hydroxyl groups is 1. The first-order valence-corrected chi connectivity index (χ1v) is 15.0. The van der Waals surface area contributed by atoms with E-state index in [1.807, 2.05) is 6.26 Å². The molecule has 4 aliphatic rings. The molecule has 0 aromatic heterocycles. The molecule has 0 bridgehead atoms. The van der Waals surface area contributed by atoms with Gasteiger partial charge in [-0.1, -0.05) is 24.6 Å². The first-order chi connectivity index (χ1) is 17.5. The maximum atomic E-state index is 12.4. The average Bonchev–Trinajstić information content (AvgIpc) is 3.13. The zero-order valence-corrected chi connectivity index (χ0v) is 23.4. The fourth-order valence-electron chi connectivity index (χ4n) is 8.14. The van der Waals surface area contributed by atoms with Gasteiger partial charge in [-0.2, -0.15) is 11.8 Å². The van der Waals surface area contributed by atoms with Crippen LogP contribution in [0.5, 0.6) is 0 Å². The third-order valence-electron chi connectivity index (χ3n) is 10.3. The number of hydrogen-bond acceptors (Lipinski definition) is 7. The zero-order valence-electron chi connectivity index (χ0n) is 22.5. The lowest BCUT2D eigenvalue weighted by molar-refractivity contribution is -0.159. The molecule has 0 heterocycles. The van der Waals surface area contributed by atoms with Crippen LogP contribution in [0.1, 0.15) is 78.6 Å². The van der Waals surface area contributed by atoms with Crippen molar-refractivity contribution in [2.75, 3.05) is 18.6 Å². The van der Waals surface area contributed by atoms with Gasteiger partial charge in [0.2, 0.25) is 0 Å². The Balaban J connectivity index is 1.39. The minimum atomic E-state index is -1.19. The van der Waals surface area contributed by atoms with Crippen molar-refractivity contribution in [2.24, 2.45) is 33.7 Å². The number of oxime groups is 1. The Morgan fingerprint density at radius 2 is 1.89 bits per heavy atom. The van der Waals surface area contributed by atoms with Gasteiger partial charge in [0.1, 0.15) is 11.6 Å². The Hall–Kier alpha value is -1.87. The number of aliphatic carboxylic acids is 1. The molecular formula is C28H42N2O6S. The summed E-state index contributed by atoms with van der Waals surface area (Å²) in [6, 6.07) is -0.924. The molecule has 0 radical (unpaired) electrons. The van der Waals surface area contributed by atoms with Crippen LogP contribution < -0.4 is 5.32 Å².